The molecule has 0 aromatic heterocycles. The average molecular weight is 579 g/mol. The fourth-order valence-electron chi connectivity index (χ4n) is 6.18. The van der Waals surface area contributed by atoms with Crippen LogP contribution in [0.15, 0.2) is 72.8 Å². The molecule has 0 spiro atoms. The quantitative estimate of drug-likeness (QED) is 0.229. The number of rotatable bonds is 5. The summed E-state index contributed by atoms with van der Waals surface area (Å²) in [7, 11) is 0. The van der Waals surface area contributed by atoms with Crippen molar-refractivity contribution < 1.29 is 4.74 Å². The van der Waals surface area contributed by atoms with Gasteiger partial charge in [0.1, 0.15) is 5.75 Å². The third kappa shape index (κ3) is 5.42. The second kappa shape index (κ2) is 10.6. The first-order valence-electron chi connectivity index (χ1n) is 15.4. The lowest BCUT2D eigenvalue weighted by molar-refractivity contribution is 0.137. The van der Waals surface area contributed by atoms with Crippen molar-refractivity contribution in [2.24, 2.45) is 0 Å². The van der Waals surface area contributed by atoms with Gasteiger partial charge in [-0.25, -0.2) is 0 Å². The summed E-state index contributed by atoms with van der Waals surface area (Å²) in [6, 6.07) is 27.1. The van der Waals surface area contributed by atoms with Crippen LogP contribution in [0.1, 0.15) is 121 Å². The van der Waals surface area contributed by atoms with Crippen molar-refractivity contribution in [2.45, 2.75) is 104 Å². The van der Waals surface area contributed by atoms with Crippen molar-refractivity contribution in [3.63, 3.8) is 0 Å². The Morgan fingerprint density at radius 3 is 1.60 bits per heavy atom. The molecule has 1 aliphatic carbocycles. The molecular formula is C40H47ClO. The number of benzene rings is 4. The first kappa shape index (κ1) is 30.4. The van der Waals surface area contributed by atoms with Crippen LogP contribution in [0.25, 0.3) is 22.3 Å². The number of halogens is 1. The van der Waals surface area contributed by atoms with Gasteiger partial charge in [-0.3, -0.25) is 0 Å². The van der Waals surface area contributed by atoms with Crippen LogP contribution >= 0.6 is 11.6 Å². The molecule has 2 heteroatoms. The van der Waals surface area contributed by atoms with Crippen molar-refractivity contribution in [3.8, 4) is 28.0 Å². The molecule has 42 heavy (non-hydrogen) atoms. The average Bonchev–Trinajstić information content (AvgIpc) is 3.14. The molecule has 0 saturated heterocycles. The van der Waals surface area contributed by atoms with Gasteiger partial charge in [-0.1, -0.05) is 142 Å². The van der Waals surface area contributed by atoms with Crippen LogP contribution in [0, 0.1) is 0 Å². The van der Waals surface area contributed by atoms with E-state index in [4.69, 9.17) is 16.3 Å². The minimum atomic E-state index is -0.652. The maximum atomic E-state index is 7.40. The van der Waals surface area contributed by atoms with Gasteiger partial charge < -0.3 is 4.74 Å². The van der Waals surface area contributed by atoms with Crippen LogP contribution < -0.4 is 4.74 Å². The maximum absolute atomic E-state index is 7.40. The van der Waals surface area contributed by atoms with Gasteiger partial charge in [0.2, 0.25) is 0 Å². The fraction of sp³-hybridized carbons (Fsp3) is 0.400. The summed E-state index contributed by atoms with van der Waals surface area (Å²) in [6.45, 7) is 24.7. The van der Waals surface area contributed by atoms with E-state index in [2.05, 4.69) is 149 Å². The number of fused-ring (bicyclic) bond motifs is 3. The first-order valence-corrected chi connectivity index (χ1v) is 15.8. The summed E-state index contributed by atoms with van der Waals surface area (Å²) >= 11 is 6.90. The summed E-state index contributed by atoms with van der Waals surface area (Å²) in [4.78, 5) is 0. The van der Waals surface area contributed by atoms with Gasteiger partial charge in [-0.2, -0.15) is 0 Å². The molecule has 220 valence electrons. The molecule has 0 aliphatic heterocycles. The molecule has 0 unspecified atom stereocenters. The Hall–Kier alpha value is -3.03. The van der Waals surface area contributed by atoms with Crippen LogP contribution in [0.2, 0.25) is 5.02 Å². The zero-order valence-electron chi connectivity index (χ0n) is 27.4. The van der Waals surface area contributed by atoms with E-state index in [1.165, 1.54) is 38.9 Å². The van der Waals surface area contributed by atoms with Crippen LogP contribution in [-0.4, -0.2) is 0 Å². The lowest BCUT2D eigenvalue weighted by atomic mass is 9.84. The van der Waals surface area contributed by atoms with Crippen molar-refractivity contribution in [1.82, 2.24) is 0 Å². The standard InChI is InChI=1S/C40H47ClO/c1-24(2)26-12-16-31-32-17-13-27(25(3)4)21-35(32)40(11,34(31)20-26)42-37-23-29(38(5,6)7)15-18-30(37)28-14-19-33(36(41)22-28)39(8,9)10/h12-25H,1-11H3. The van der Waals surface area contributed by atoms with E-state index in [1.807, 2.05) is 0 Å². The predicted octanol–water partition coefficient (Wildman–Crippen LogP) is 12.2. The zero-order valence-corrected chi connectivity index (χ0v) is 28.1. The van der Waals surface area contributed by atoms with E-state index in [0.29, 0.717) is 11.8 Å². The SMILES string of the molecule is CC(C)c1ccc2c(c1)C(C)(Oc1cc(C(C)(C)C)ccc1-c1ccc(C(C)(C)C)c(Cl)c1)c1cc(C(C)C)ccc1-2. The molecule has 1 aliphatic rings. The molecule has 1 nitrogen and oxygen atoms in total. The largest absolute Gasteiger partial charge is 0.477 e. The van der Waals surface area contributed by atoms with Gasteiger partial charge in [-0.15, -0.1) is 0 Å². The second-order valence-electron chi connectivity index (χ2n) is 15.0. The molecule has 0 radical (unpaired) electrons. The maximum Gasteiger partial charge on any atom is 0.157 e. The van der Waals surface area contributed by atoms with Crippen molar-refractivity contribution in [3.05, 3.63) is 111 Å². The highest BCUT2D eigenvalue weighted by atomic mass is 35.5. The molecule has 0 N–H and O–H groups in total. The Labute approximate surface area is 259 Å². The molecule has 0 fully saturated rings. The summed E-state index contributed by atoms with van der Waals surface area (Å²) in [6.07, 6.45) is 0. The summed E-state index contributed by atoms with van der Waals surface area (Å²) in [5, 5.41) is 0.789. The zero-order chi connectivity index (χ0) is 30.8. The summed E-state index contributed by atoms with van der Waals surface area (Å²) in [5.74, 6) is 1.74. The second-order valence-corrected chi connectivity index (χ2v) is 15.4. The molecule has 4 aromatic carbocycles. The molecule has 0 saturated carbocycles. The highest BCUT2D eigenvalue weighted by molar-refractivity contribution is 6.31. The van der Waals surface area contributed by atoms with E-state index in [1.54, 1.807) is 0 Å². The molecule has 0 atom stereocenters. The highest BCUT2D eigenvalue weighted by Crippen LogP contribution is 2.52. The van der Waals surface area contributed by atoms with Gasteiger partial charge >= 0.3 is 0 Å². The molecule has 5 rings (SSSR count). The van der Waals surface area contributed by atoms with Crippen LogP contribution in [-0.2, 0) is 16.4 Å². The summed E-state index contributed by atoms with van der Waals surface area (Å²) in [5.41, 5.74) is 11.5. The van der Waals surface area contributed by atoms with Crippen LogP contribution in [0.5, 0.6) is 5.75 Å². The van der Waals surface area contributed by atoms with E-state index in [0.717, 1.165) is 27.5 Å². The number of hydrogen-bond acceptors (Lipinski definition) is 1. The Morgan fingerprint density at radius 2 is 1.14 bits per heavy atom. The van der Waals surface area contributed by atoms with E-state index in [9.17, 15) is 0 Å². The number of hydrogen-bond donors (Lipinski definition) is 0. The monoisotopic (exact) mass is 578 g/mol. The highest BCUT2D eigenvalue weighted by Gasteiger charge is 2.43. The van der Waals surface area contributed by atoms with E-state index in [-0.39, 0.29) is 10.8 Å². The van der Waals surface area contributed by atoms with E-state index < -0.39 is 5.60 Å². The van der Waals surface area contributed by atoms with Gasteiger partial charge in [0.05, 0.1) is 0 Å². The summed E-state index contributed by atoms with van der Waals surface area (Å²) < 4.78 is 7.40. The Balaban J connectivity index is 1.74. The molecule has 0 amide bonds. The van der Waals surface area contributed by atoms with Crippen molar-refractivity contribution in [1.29, 1.82) is 0 Å². The minimum Gasteiger partial charge on any atom is -0.477 e. The minimum absolute atomic E-state index is 0.0214. The third-order valence-corrected chi connectivity index (χ3v) is 9.30. The Morgan fingerprint density at radius 1 is 0.619 bits per heavy atom. The van der Waals surface area contributed by atoms with Gasteiger partial charge in [0.15, 0.2) is 5.60 Å². The molecule has 4 aromatic rings. The fourth-order valence-corrected chi connectivity index (χ4v) is 6.64. The van der Waals surface area contributed by atoms with E-state index >= 15 is 0 Å². The lowest BCUT2D eigenvalue weighted by Crippen LogP contribution is -2.29. The van der Waals surface area contributed by atoms with Gasteiger partial charge in [-0.05, 0) is 80.7 Å². The topological polar surface area (TPSA) is 9.23 Å². The number of ether oxygens (including phenoxy) is 1. The predicted molar refractivity (Wildman–Crippen MR) is 181 cm³/mol. The normalized spacial score (nSPS) is 14.3. The van der Waals surface area contributed by atoms with Gasteiger partial charge in [0.25, 0.3) is 0 Å². The Kier molecular flexibility index (Phi) is 7.68. The third-order valence-electron chi connectivity index (χ3n) is 8.99. The lowest BCUT2D eigenvalue weighted by Gasteiger charge is -2.32. The Bertz CT molecular complexity index is 1580. The smallest absolute Gasteiger partial charge is 0.157 e. The van der Waals surface area contributed by atoms with Crippen LogP contribution in [0.4, 0.5) is 0 Å². The van der Waals surface area contributed by atoms with Crippen molar-refractivity contribution in [2.75, 3.05) is 0 Å². The van der Waals surface area contributed by atoms with Crippen molar-refractivity contribution >= 4 is 11.6 Å². The molecular weight excluding hydrogens is 532 g/mol. The van der Waals surface area contributed by atoms with Crippen LogP contribution in [0.3, 0.4) is 0 Å². The molecule has 0 heterocycles. The first-order chi connectivity index (χ1) is 19.5. The van der Waals surface area contributed by atoms with Gasteiger partial charge in [0, 0.05) is 21.7 Å². The molecule has 0 bridgehead atoms.